The zero-order valence-electron chi connectivity index (χ0n) is 16.8. The summed E-state index contributed by atoms with van der Waals surface area (Å²) in [7, 11) is 1.65. The molecule has 0 aromatic heterocycles. The number of likely N-dealkylation sites (tertiary alicyclic amines) is 1. The van der Waals surface area contributed by atoms with Crippen molar-refractivity contribution in [3.8, 4) is 11.5 Å². The maximum absolute atomic E-state index is 6.30. The lowest BCUT2D eigenvalue weighted by molar-refractivity contribution is 0.258. The van der Waals surface area contributed by atoms with Crippen molar-refractivity contribution in [2.24, 2.45) is 0 Å². The topological polar surface area (TPSA) is 33.7 Å². The molecular weight excluding hydrogens is 475 g/mol. The summed E-state index contributed by atoms with van der Waals surface area (Å²) in [6.45, 7) is 6.42. The molecule has 4 nitrogen and oxygen atoms in total. The number of nitrogens with one attached hydrogen (secondary N) is 1. The second kappa shape index (κ2) is 10.9. The zero-order valence-corrected chi connectivity index (χ0v) is 19.9. The number of nitrogens with zero attached hydrogens (tertiary/aromatic N) is 1. The summed E-state index contributed by atoms with van der Waals surface area (Å²) in [5.74, 6) is 1.38. The molecule has 7 heteroatoms. The van der Waals surface area contributed by atoms with Crippen LogP contribution in [0, 0.1) is 0 Å². The number of hydrogen-bond acceptors (Lipinski definition) is 4. The highest BCUT2D eigenvalue weighted by atomic mass is 79.9. The molecule has 0 radical (unpaired) electrons. The maximum Gasteiger partial charge on any atom is 0.167 e. The zero-order chi connectivity index (χ0) is 20.8. The lowest BCUT2D eigenvalue weighted by atomic mass is 10.1. The summed E-state index contributed by atoms with van der Waals surface area (Å²) in [5, 5.41) is 4.78. The van der Waals surface area contributed by atoms with E-state index in [4.69, 9.17) is 32.7 Å². The van der Waals surface area contributed by atoms with Gasteiger partial charge >= 0.3 is 0 Å². The third kappa shape index (κ3) is 5.59. The Morgan fingerprint density at radius 3 is 2.62 bits per heavy atom. The standard InChI is InChI=1S/C22H27BrCl2N2O2/c1-3-27-11-5-6-15(27)12-26-13-16-18(23)9-10-21(28-2)22(16)29-14-17-19(24)7-4-8-20(17)25/h4,7-10,15,26H,3,5-6,11-14H2,1-2H3. The summed E-state index contributed by atoms with van der Waals surface area (Å²) < 4.78 is 12.7. The van der Waals surface area contributed by atoms with Crippen LogP contribution < -0.4 is 14.8 Å². The van der Waals surface area contributed by atoms with Gasteiger partial charge in [-0.2, -0.15) is 0 Å². The van der Waals surface area contributed by atoms with Gasteiger partial charge in [-0.05, 0) is 50.2 Å². The van der Waals surface area contributed by atoms with Gasteiger partial charge in [-0.15, -0.1) is 0 Å². The van der Waals surface area contributed by atoms with Crippen LogP contribution in [0.15, 0.2) is 34.8 Å². The number of methoxy groups -OCH3 is 1. The molecule has 1 aliphatic rings. The van der Waals surface area contributed by atoms with E-state index in [0.29, 0.717) is 34.1 Å². The monoisotopic (exact) mass is 500 g/mol. The average molecular weight is 502 g/mol. The van der Waals surface area contributed by atoms with Gasteiger partial charge in [0.25, 0.3) is 0 Å². The summed E-state index contributed by atoms with van der Waals surface area (Å²) >= 11 is 16.3. The first-order valence-electron chi connectivity index (χ1n) is 9.91. The fraction of sp³-hybridized carbons (Fsp3) is 0.455. The summed E-state index contributed by atoms with van der Waals surface area (Å²) in [6, 6.07) is 9.93. The van der Waals surface area contributed by atoms with Crippen LogP contribution in [0.25, 0.3) is 0 Å². The van der Waals surface area contributed by atoms with Crippen molar-refractivity contribution in [2.45, 2.75) is 39.0 Å². The van der Waals surface area contributed by atoms with Crippen LogP contribution in [-0.2, 0) is 13.2 Å². The van der Waals surface area contributed by atoms with Crippen molar-refractivity contribution in [3.63, 3.8) is 0 Å². The van der Waals surface area contributed by atoms with Crippen LogP contribution in [0.5, 0.6) is 11.5 Å². The molecule has 1 unspecified atom stereocenters. The molecule has 0 aliphatic carbocycles. The molecule has 158 valence electrons. The van der Waals surface area contributed by atoms with Gasteiger partial charge in [0.2, 0.25) is 0 Å². The smallest absolute Gasteiger partial charge is 0.167 e. The Morgan fingerprint density at radius 2 is 1.93 bits per heavy atom. The predicted octanol–water partition coefficient (Wildman–Crippen LogP) is 5.92. The lowest BCUT2D eigenvalue weighted by Gasteiger charge is -2.23. The van der Waals surface area contributed by atoms with E-state index < -0.39 is 0 Å². The van der Waals surface area contributed by atoms with Gasteiger partial charge in [0, 0.05) is 44.8 Å². The molecule has 0 saturated carbocycles. The normalized spacial score (nSPS) is 16.9. The molecule has 29 heavy (non-hydrogen) atoms. The van der Waals surface area contributed by atoms with Crippen molar-refractivity contribution in [1.82, 2.24) is 10.2 Å². The SMILES string of the molecule is CCN1CCCC1CNCc1c(Br)ccc(OC)c1OCc1c(Cl)cccc1Cl. The Hall–Kier alpha value is -0.980. The highest BCUT2D eigenvalue weighted by Crippen LogP contribution is 2.37. The molecule has 1 fully saturated rings. The number of ether oxygens (including phenoxy) is 2. The molecule has 0 bridgehead atoms. The first kappa shape index (κ1) is 22.7. The van der Waals surface area contributed by atoms with Gasteiger partial charge in [-0.1, -0.05) is 52.1 Å². The largest absolute Gasteiger partial charge is 0.493 e. The van der Waals surface area contributed by atoms with Crippen LogP contribution in [0.1, 0.15) is 30.9 Å². The number of likely N-dealkylation sites (N-methyl/N-ethyl adjacent to an activating group) is 1. The van der Waals surface area contributed by atoms with Gasteiger partial charge in [-0.25, -0.2) is 0 Å². The molecule has 1 N–H and O–H groups in total. The highest BCUT2D eigenvalue weighted by molar-refractivity contribution is 9.10. The summed E-state index contributed by atoms with van der Waals surface area (Å²) in [5.41, 5.74) is 1.79. The van der Waals surface area contributed by atoms with E-state index in [2.05, 4.69) is 33.1 Å². The summed E-state index contributed by atoms with van der Waals surface area (Å²) in [6.07, 6.45) is 2.52. The van der Waals surface area contributed by atoms with Gasteiger partial charge in [0.15, 0.2) is 11.5 Å². The van der Waals surface area contributed by atoms with Gasteiger partial charge < -0.3 is 14.8 Å². The molecule has 0 amide bonds. The molecule has 1 heterocycles. The number of hydrogen-bond donors (Lipinski definition) is 1. The Labute approximate surface area is 191 Å². The first-order valence-corrected chi connectivity index (χ1v) is 11.5. The molecule has 3 rings (SSSR count). The van der Waals surface area contributed by atoms with E-state index in [0.717, 1.165) is 28.7 Å². The minimum Gasteiger partial charge on any atom is -0.493 e. The second-order valence-corrected chi connectivity index (χ2v) is 8.77. The quantitative estimate of drug-likeness (QED) is 0.462. The van der Waals surface area contributed by atoms with Gasteiger partial charge in [-0.3, -0.25) is 4.90 Å². The third-order valence-electron chi connectivity index (χ3n) is 5.40. The molecule has 1 aliphatic heterocycles. The molecule has 2 aromatic rings. The van der Waals surface area contributed by atoms with Crippen LogP contribution in [0.3, 0.4) is 0 Å². The lowest BCUT2D eigenvalue weighted by Crippen LogP contribution is -2.37. The number of benzene rings is 2. The Morgan fingerprint density at radius 1 is 1.17 bits per heavy atom. The van der Waals surface area contributed by atoms with Crippen molar-refractivity contribution in [2.75, 3.05) is 26.7 Å². The molecular formula is C22H27BrCl2N2O2. The van der Waals surface area contributed by atoms with Crippen molar-refractivity contribution in [1.29, 1.82) is 0 Å². The minimum atomic E-state index is 0.268. The van der Waals surface area contributed by atoms with Gasteiger partial charge in [0.05, 0.1) is 7.11 Å². The molecule has 1 atom stereocenters. The Bertz CT molecular complexity index is 814. The fourth-order valence-corrected chi connectivity index (χ4v) is 4.75. The van der Waals surface area contributed by atoms with Crippen LogP contribution in [-0.4, -0.2) is 37.7 Å². The molecule has 2 aromatic carbocycles. The summed E-state index contributed by atoms with van der Waals surface area (Å²) in [4.78, 5) is 2.53. The van der Waals surface area contributed by atoms with Crippen LogP contribution in [0.2, 0.25) is 10.0 Å². The van der Waals surface area contributed by atoms with E-state index in [1.165, 1.54) is 19.4 Å². The number of halogens is 3. The van der Waals surface area contributed by atoms with Crippen LogP contribution in [0.4, 0.5) is 0 Å². The van der Waals surface area contributed by atoms with E-state index >= 15 is 0 Å². The predicted molar refractivity (Wildman–Crippen MR) is 123 cm³/mol. The molecule has 1 saturated heterocycles. The van der Waals surface area contributed by atoms with Gasteiger partial charge in [0.1, 0.15) is 6.61 Å². The highest BCUT2D eigenvalue weighted by Gasteiger charge is 2.23. The van der Waals surface area contributed by atoms with E-state index in [9.17, 15) is 0 Å². The Kier molecular flexibility index (Phi) is 8.51. The van der Waals surface area contributed by atoms with Crippen LogP contribution >= 0.6 is 39.1 Å². The van der Waals surface area contributed by atoms with E-state index in [1.54, 1.807) is 7.11 Å². The Balaban J connectivity index is 1.74. The van der Waals surface area contributed by atoms with Crippen molar-refractivity contribution < 1.29 is 9.47 Å². The minimum absolute atomic E-state index is 0.268. The van der Waals surface area contributed by atoms with Crippen molar-refractivity contribution in [3.05, 3.63) is 56.0 Å². The van der Waals surface area contributed by atoms with E-state index in [1.807, 2.05) is 30.3 Å². The van der Waals surface area contributed by atoms with Crippen molar-refractivity contribution >= 4 is 39.1 Å². The maximum atomic E-state index is 6.30. The van der Waals surface area contributed by atoms with E-state index in [-0.39, 0.29) is 6.61 Å². The second-order valence-electron chi connectivity index (χ2n) is 7.10. The average Bonchev–Trinajstić information content (AvgIpc) is 3.17. The third-order valence-corrected chi connectivity index (χ3v) is 6.85. The molecule has 0 spiro atoms. The number of rotatable bonds is 9. The first-order chi connectivity index (χ1) is 14.0. The fourth-order valence-electron chi connectivity index (χ4n) is 3.79.